The number of fused-ring (bicyclic) bond motifs is 13. The fourth-order valence-corrected chi connectivity index (χ4v) is 9.78. The first-order valence-electron chi connectivity index (χ1n) is 17.4. The lowest BCUT2D eigenvalue weighted by Crippen LogP contribution is -2.32. The van der Waals surface area contributed by atoms with Crippen LogP contribution in [0.3, 0.4) is 0 Å². The van der Waals surface area contributed by atoms with Gasteiger partial charge in [-0.05, 0) is 63.7 Å². The second-order valence-corrected chi connectivity index (χ2v) is 14.5. The molecule has 238 valence electrons. The molecule has 3 heterocycles. The van der Waals surface area contributed by atoms with Gasteiger partial charge in [-0.25, -0.2) is 4.98 Å². The third kappa shape index (κ3) is 4.01. The summed E-state index contributed by atoms with van der Waals surface area (Å²) in [7, 11) is 0. The van der Waals surface area contributed by atoms with Crippen molar-refractivity contribution in [3.05, 3.63) is 198 Å². The molecule has 0 saturated heterocycles. The molecule has 11 rings (SSSR count). The maximum Gasteiger partial charge on any atom is 0.141 e. The molecule has 0 unspecified atom stereocenters. The predicted molar refractivity (Wildman–Crippen MR) is 211 cm³/mol. The van der Waals surface area contributed by atoms with Crippen LogP contribution in [0.25, 0.3) is 64.9 Å². The molecule has 0 saturated carbocycles. The van der Waals surface area contributed by atoms with Crippen LogP contribution in [0.1, 0.15) is 22.3 Å². The molecule has 0 bridgehead atoms. The molecule has 51 heavy (non-hydrogen) atoms. The first-order chi connectivity index (χ1) is 25.3. The highest BCUT2D eigenvalue weighted by Gasteiger charge is 2.51. The summed E-state index contributed by atoms with van der Waals surface area (Å²) in [6.45, 7) is 0. The van der Waals surface area contributed by atoms with Crippen LogP contribution in [0.4, 0.5) is 0 Å². The molecule has 2 aromatic heterocycles. The lowest BCUT2D eigenvalue weighted by Gasteiger charge is -2.39. The Kier molecular flexibility index (Phi) is 6.07. The summed E-state index contributed by atoms with van der Waals surface area (Å²) < 4.78 is 9.55. The Balaban J connectivity index is 1.24. The molecule has 1 aliphatic heterocycles. The van der Waals surface area contributed by atoms with E-state index in [0.717, 1.165) is 45.0 Å². The van der Waals surface area contributed by atoms with Crippen molar-refractivity contribution in [2.75, 3.05) is 0 Å². The van der Waals surface area contributed by atoms with Gasteiger partial charge in [-0.1, -0.05) is 146 Å². The van der Waals surface area contributed by atoms with Crippen LogP contribution in [-0.2, 0) is 5.41 Å². The smallest absolute Gasteiger partial charge is 0.141 e. The second-order valence-electron chi connectivity index (χ2n) is 13.4. The van der Waals surface area contributed by atoms with Gasteiger partial charge in [0.05, 0.1) is 16.8 Å². The lowest BCUT2D eigenvalue weighted by atomic mass is 9.66. The standard InChI is InChI=1S/C48H29NOS/c1-3-14-30(15-4-1)32-28-40(31-16-5-2-6-17-31)49-41(29-32)35-20-13-25-43-45(35)46-44(51-43)27-26-39-47(46)50-42-24-12-11-23-38(42)48(39)36-21-9-7-18-33(36)34-19-8-10-22-37(34)48/h1-29H. The number of benzene rings is 7. The number of para-hydroxylation sites is 1. The second kappa shape index (κ2) is 10.9. The summed E-state index contributed by atoms with van der Waals surface area (Å²) in [5.74, 6) is 1.83. The topological polar surface area (TPSA) is 22.1 Å². The van der Waals surface area contributed by atoms with E-state index in [1.165, 1.54) is 53.7 Å². The molecule has 7 aromatic carbocycles. The van der Waals surface area contributed by atoms with Crippen molar-refractivity contribution in [1.29, 1.82) is 0 Å². The van der Waals surface area contributed by atoms with Gasteiger partial charge in [0.2, 0.25) is 0 Å². The molecule has 1 aliphatic carbocycles. The zero-order chi connectivity index (χ0) is 33.5. The van der Waals surface area contributed by atoms with Crippen molar-refractivity contribution >= 4 is 31.5 Å². The summed E-state index contributed by atoms with van der Waals surface area (Å²) in [6.07, 6.45) is 0. The van der Waals surface area contributed by atoms with E-state index < -0.39 is 5.41 Å². The van der Waals surface area contributed by atoms with E-state index in [1.54, 1.807) is 0 Å². The fraction of sp³-hybridized carbons (Fsp3) is 0.0208. The number of nitrogens with zero attached hydrogens (tertiary/aromatic N) is 1. The van der Waals surface area contributed by atoms with Gasteiger partial charge in [0.1, 0.15) is 11.5 Å². The van der Waals surface area contributed by atoms with Crippen LogP contribution in [0.5, 0.6) is 11.5 Å². The normalized spacial score (nSPS) is 13.4. The highest BCUT2D eigenvalue weighted by molar-refractivity contribution is 7.26. The summed E-state index contributed by atoms with van der Waals surface area (Å²) in [4.78, 5) is 5.38. The van der Waals surface area contributed by atoms with Crippen LogP contribution in [0, 0.1) is 0 Å². The lowest BCUT2D eigenvalue weighted by molar-refractivity contribution is 0.442. The van der Waals surface area contributed by atoms with Gasteiger partial charge >= 0.3 is 0 Å². The quantitative estimate of drug-likeness (QED) is 0.187. The fourth-order valence-electron chi connectivity index (χ4n) is 8.65. The van der Waals surface area contributed by atoms with E-state index in [1.807, 2.05) is 11.3 Å². The SMILES string of the molecule is c1ccc(-c2cc(-c3ccccc3)nc(-c3cccc4sc5ccc6c(c5c34)Oc3ccccc3C63c4ccccc4-c4ccccc43)c2)cc1. The number of rotatable bonds is 3. The van der Waals surface area contributed by atoms with Gasteiger partial charge < -0.3 is 4.74 Å². The van der Waals surface area contributed by atoms with Gasteiger partial charge in [-0.15, -0.1) is 11.3 Å². The maximum atomic E-state index is 7.14. The number of hydrogen-bond donors (Lipinski definition) is 0. The van der Waals surface area contributed by atoms with Gasteiger partial charge in [-0.2, -0.15) is 0 Å². The molecule has 2 nitrogen and oxygen atoms in total. The van der Waals surface area contributed by atoms with Crippen LogP contribution in [0.15, 0.2) is 176 Å². The van der Waals surface area contributed by atoms with Gasteiger partial charge in [0, 0.05) is 42.4 Å². The van der Waals surface area contributed by atoms with E-state index in [0.29, 0.717) is 0 Å². The molecule has 9 aromatic rings. The van der Waals surface area contributed by atoms with Gasteiger partial charge in [-0.3, -0.25) is 0 Å². The molecule has 3 heteroatoms. The van der Waals surface area contributed by atoms with Crippen LogP contribution in [-0.4, -0.2) is 4.98 Å². The van der Waals surface area contributed by atoms with Crippen LogP contribution < -0.4 is 4.74 Å². The first-order valence-corrected chi connectivity index (χ1v) is 18.2. The Hall–Kier alpha value is -6.29. The Morgan fingerprint density at radius 2 is 1.00 bits per heavy atom. The highest BCUT2D eigenvalue weighted by Crippen LogP contribution is 2.63. The number of pyridine rings is 1. The van der Waals surface area contributed by atoms with Gasteiger partial charge in [0.15, 0.2) is 0 Å². The molecule has 1 spiro atoms. The summed E-state index contributed by atoms with van der Waals surface area (Å²) in [5.41, 5.74) is 13.4. The summed E-state index contributed by atoms with van der Waals surface area (Å²) in [6, 6.07) is 63.3. The van der Waals surface area contributed by atoms with Crippen molar-refractivity contribution in [2.24, 2.45) is 0 Å². The van der Waals surface area contributed by atoms with Crippen molar-refractivity contribution < 1.29 is 4.74 Å². The monoisotopic (exact) mass is 667 g/mol. The Morgan fingerprint density at radius 3 is 1.75 bits per heavy atom. The van der Waals surface area contributed by atoms with E-state index in [9.17, 15) is 0 Å². The predicted octanol–water partition coefficient (Wildman–Crippen LogP) is 12.9. The molecular formula is C48H29NOS. The van der Waals surface area contributed by atoms with Crippen molar-refractivity contribution in [2.45, 2.75) is 5.41 Å². The number of thiophene rings is 1. The van der Waals surface area contributed by atoms with Gasteiger partial charge in [0.25, 0.3) is 0 Å². The minimum Gasteiger partial charge on any atom is -0.456 e. The first kappa shape index (κ1) is 28.5. The van der Waals surface area contributed by atoms with E-state index in [4.69, 9.17) is 9.72 Å². The minimum atomic E-state index is -0.513. The molecule has 2 aliphatic rings. The van der Waals surface area contributed by atoms with Crippen LogP contribution >= 0.6 is 11.3 Å². The zero-order valence-electron chi connectivity index (χ0n) is 27.5. The Morgan fingerprint density at radius 1 is 0.412 bits per heavy atom. The zero-order valence-corrected chi connectivity index (χ0v) is 28.3. The number of aromatic nitrogens is 1. The molecular weight excluding hydrogens is 639 g/mol. The van der Waals surface area contributed by atoms with Crippen molar-refractivity contribution in [3.63, 3.8) is 0 Å². The summed E-state index contributed by atoms with van der Waals surface area (Å²) in [5, 5.41) is 2.33. The number of hydrogen-bond acceptors (Lipinski definition) is 3. The summed E-state index contributed by atoms with van der Waals surface area (Å²) >= 11 is 1.82. The van der Waals surface area contributed by atoms with E-state index in [2.05, 4.69) is 176 Å². The minimum absolute atomic E-state index is 0.513. The molecule has 0 amide bonds. The molecule has 0 radical (unpaired) electrons. The molecule has 0 N–H and O–H groups in total. The molecule has 0 fully saturated rings. The average molecular weight is 668 g/mol. The molecule has 0 atom stereocenters. The van der Waals surface area contributed by atoms with E-state index >= 15 is 0 Å². The number of ether oxygens (including phenoxy) is 1. The van der Waals surface area contributed by atoms with E-state index in [-0.39, 0.29) is 0 Å². The Bertz CT molecular complexity index is 2730. The van der Waals surface area contributed by atoms with Crippen molar-refractivity contribution in [1.82, 2.24) is 4.98 Å². The average Bonchev–Trinajstić information content (AvgIpc) is 3.73. The third-order valence-electron chi connectivity index (χ3n) is 10.8. The Labute approximate surface area is 299 Å². The van der Waals surface area contributed by atoms with Crippen LogP contribution in [0.2, 0.25) is 0 Å². The highest BCUT2D eigenvalue weighted by atomic mass is 32.1. The third-order valence-corrected chi connectivity index (χ3v) is 11.9. The maximum absolute atomic E-state index is 7.14. The van der Waals surface area contributed by atoms with Crippen molar-refractivity contribution in [3.8, 4) is 56.3 Å². The largest absolute Gasteiger partial charge is 0.456 e.